The first-order valence-electron chi connectivity index (χ1n) is 16.6. The Labute approximate surface area is 295 Å². The molecule has 2 aliphatic heterocycles. The zero-order valence-corrected chi connectivity index (χ0v) is 30.2. The first kappa shape index (κ1) is 36.1. The van der Waals surface area contributed by atoms with E-state index in [0.717, 1.165) is 39.9 Å². The van der Waals surface area contributed by atoms with Crippen molar-refractivity contribution in [2.75, 3.05) is 82.9 Å². The minimum absolute atomic E-state index is 0.0113. The van der Waals surface area contributed by atoms with Gasteiger partial charge in [-0.3, -0.25) is 24.5 Å². The van der Waals surface area contributed by atoms with Gasteiger partial charge in [0.2, 0.25) is 11.8 Å². The lowest BCUT2D eigenvalue weighted by atomic mass is 10.1. The third kappa shape index (κ3) is 9.31. The summed E-state index contributed by atoms with van der Waals surface area (Å²) >= 11 is 2.83. The van der Waals surface area contributed by atoms with Gasteiger partial charge in [0.1, 0.15) is 5.75 Å². The van der Waals surface area contributed by atoms with Crippen molar-refractivity contribution in [3.05, 3.63) is 59.3 Å². The first-order valence-corrected chi connectivity index (χ1v) is 18.2. The smallest absolute Gasteiger partial charge is 0.257 e. The summed E-state index contributed by atoms with van der Waals surface area (Å²) in [6, 6.07) is 11.2. The molecule has 2 aliphatic rings. The van der Waals surface area contributed by atoms with Gasteiger partial charge in [0, 0.05) is 82.0 Å². The summed E-state index contributed by atoms with van der Waals surface area (Å²) in [5.74, 6) is 0.257. The number of hydrogen-bond donors (Lipinski definition) is 1. The van der Waals surface area contributed by atoms with Crippen molar-refractivity contribution in [3.8, 4) is 5.75 Å². The van der Waals surface area contributed by atoms with Crippen molar-refractivity contribution < 1.29 is 28.7 Å². The number of amides is 4. The highest BCUT2D eigenvalue weighted by Crippen LogP contribution is 2.38. The van der Waals surface area contributed by atoms with E-state index in [2.05, 4.69) is 15.2 Å². The first-order chi connectivity index (χ1) is 23.7. The Hall–Kier alpha value is -4.14. The lowest BCUT2D eigenvalue weighted by Crippen LogP contribution is -2.50. The van der Waals surface area contributed by atoms with Crippen LogP contribution >= 0.6 is 23.1 Å². The maximum Gasteiger partial charge on any atom is 0.257 e. The topological polar surface area (TPSA) is 125 Å². The molecule has 0 bridgehead atoms. The summed E-state index contributed by atoms with van der Waals surface area (Å²) in [6.45, 7) is 11.4. The Morgan fingerprint density at radius 3 is 2.24 bits per heavy atom. The van der Waals surface area contributed by atoms with Gasteiger partial charge in [0.25, 0.3) is 11.8 Å². The monoisotopic (exact) mass is 708 g/mol. The van der Waals surface area contributed by atoms with Crippen molar-refractivity contribution in [3.63, 3.8) is 0 Å². The number of piperazine rings is 2. The number of nitrogens with one attached hydrogen (secondary N) is 1. The van der Waals surface area contributed by atoms with Crippen molar-refractivity contribution in [2.24, 2.45) is 0 Å². The fraction of sp³-hybridized carbons (Fsp3) is 0.457. The summed E-state index contributed by atoms with van der Waals surface area (Å²) in [4.78, 5) is 63.7. The van der Waals surface area contributed by atoms with Gasteiger partial charge in [-0.2, -0.15) is 0 Å². The molecule has 0 spiro atoms. The van der Waals surface area contributed by atoms with E-state index < -0.39 is 0 Å². The van der Waals surface area contributed by atoms with Crippen LogP contribution in [0, 0.1) is 6.92 Å². The van der Waals surface area contributed by atoms with E-state index in [1.807, 2.05) is 43.0 Å². The van der Waals surface area contributed by atoms with Crippen LogP contribution in [0.15, 0.2) is 51.7 Å². The molecule has 0 unspecified atom stereocenters. The molecule has 2 saturated heterocycles. The van der Waals surface area contributed by atoms with Gasteiger partial charge in [-0.05, 0) is 55.3 Å². The standard InChI is InChI=1S/C35H44N6O6S2/c1-5-19-47-20-10-31(43)40-15-13-39(14-16-40)27-8-6-26(7-9-27)33(44)37-35-36-23-32(49-35)48-30-22-28(29(46-4)21-24(30)2)34(45)41-17-11-38(12-18-41)25(3)42/h6-9,21-23H,5,10-20H2,1-4H3,(H,36,37,44). The highest BCUT2D eigenvalue weighted by molar-refractivity contribution is 8.01. The van der Waals surface area contributed by atoms with Gasteiger partial charge >= 0.3 is 0 Å². The molecule has 1 aromatic heterocycles. The summed E-state index contributed by atoms with van der Waals surface area (Å²) in [5, 5.41) is 3.38. The molecule has 0 radical (unpaired) electrons. The average Bonchev–Trinajstić information content (AvgIpc) is 3.56. The van der Waals surface area contributed by atoms with Gasteiger partial charge in [-0.1, -0.05) is 30.0 Å². The molecule has 4 amide bonds. The van der Waals surface area contributed by atoms with Crippen LogP contribution in [0.1, 0.15) is 53.0 Å². The van der Waals surface area contributed by atoms with Crippen molar-refractivity contribution >= 4 is 57.5 Å². The predicted octanol–water partition coefficient (Wildman–Crippen LogP) is 4.63. The summed E-state index contributed by atoms with van der Waals surface area (Å²) < 4.78 is 11.9. The third-order valence-corrected chi connectivity index (χ3v) is 10.8. The average molecular weight is 709 g/mol. The molecule has 0 atom stereocenters. The Morgan fingerprint density at radius 1 is 0.918 bits per heavy atom. The zero-order valence-electron chi connectivity index (χ0n) is 28.5. The van der Waals surface area contributed by atoms with Crippen molar-refractivity contribution in [1.82, 2.24) is 19.7 Å². The predicted molar refractivity (Wildman–Crippen MR) is 191 cm³/mol. The van der Waals surface area contributed by atoms with E-state index in [4.69, 9.17) is 9.47 Å². The molecule has 1 N–H and O–H groups in total. The minimum Gasteiger partial charge on any atom is -0.496 e. The van der Waals surface area contributed by atoms with Crippen LogP contribution in [0.5, 0.6) is 5.75 Å². The molecule has 3 aromatic rings. The van der Waals surface area contributed by atoms with Gasteiger partial charge in [0.15, 0.2) is 5.13 Å². The van der Waals surface area contributed by atoms with E-state index in [1.165, 1.54) is 23.1 Å². The van der Waals surface area contributed by atoms with Gasteiger partial charge in [-0.25, -0.2) is 4.98 Å². The van der Waals surface area contributed by atoms with Crippen LogP contribution in [-0.2, 0) is 14.3 Å². The van der Waals surface area contributed by atoms with E-state index in [1.54, 1.807) is 42.2 Å². The summed E-state index contributed by atoms with van der Waals surface area (Å²) in [5.41, 5.74) is 2.95. The number of anilines is 2. The quantitative estimate of drug-likeness (QED) is 0.268. The van der Waals surface area contributed by atoms with E-state index in [-0.39, 0.29) is 23.6 Å². The largest absolute Gasteiger partial charge is 0.496 e. The Bertz CT molecular complexity index is 1630. The molecule has 49 heavy (non-hydrogen) atoms. The lowest BCUT2D eigenvalue weighted by Gasteiger charge is -2.36. The Kier molecular flexibility index (Phi) is 12.5. The SMILES string of the molecule is CCCOCCC(=O)N1CCN(c2ccc(C(=O)Nc3ncc(Sc4cc(C(=O)N5CCN(C(C)=O)CC5)c(OC)cc4C)s3)cc2)CC1. The van der Waals surface area contributed by atoms with Crippen LogP contribution in [-0.4, -0.2) is 116 Å². The molecule has 12 nitrogen and oxygen atoms in total. The fourth-order valence-electron chi connectivity index (χ4n) is 5.75. The van der Waals surface area contributed by atoms with E-state index in [0.29, 0.717) is 80.9 Å². The number of nitrogens with zero attached hydrogens (tertiary/aromatic N) is 5. The molecule has 5 rings (SSSR count). The van der Waals surface area contributed by atoms with E-state index in [9.17, 15) is 19.2 Å². The molecule has 262 valence electrons. The maximum absolute atomic E-state index is 13.5. The highest BCUT2D eigenvalue weighted by Gasteiger charge is 2.27. The van der Waals surface area contributed by atoms with Crippen LogP contribution < -0.4 is 15.0 Å². The van der Waals surface area contributed by atoms with Crippen molar-refractivity contribution in [2.45, 2.75) is 42.7 Å². The number of rotatable bonds is 12. The zero-order chi connectivity index (χ0) is 34.9. The van der Waals surface area contributed by atoms with Crippen LogP contribution in [0.2, 0.25) is 0 Å². The second-order valence-corrected chi connectivity index (χ2v) is 14.3. The summed E-state index contributed by atoms with van der Waals surface area (Å²) in [6.07, 6.45) is 3.07. The number of benzene rings is 2. The lowest BCUT2D eigenvalue weighted by molar-refractivity contribution is -0.132. The highest BCUT2D eigenvalue weighted by atomic mass is 32.2. The summed E-state index contributed by atoms with van der Waals surface area (Å²) in [7, 11) is 1.55. The number of carbonyl (C=O) groups is 4. The number of aryl methyl sites for hydroxylation is 1. The second kappa shape index (κ2) is 17.0. The number of methoxy groups -OCH3 is 1. The minimum atomic E-state index is -0.253. The number of carbonyl (C=O) groups excluding carboxylic acids is 4. The second-order valence-electron chi connectivity index (χ2n) is 11.9. The Balaban J connectivity index is 1.15. The van der Waals surface area contributed by atoms with Crippen LogP contribution in [0.3, 0.4) is 0 Å². The van der Waals surface area contributed by atoms with Crippen LogP contribution in [0.25, 0.3) is 0 Å². The van der Waals surface area contributed by atoms with Gasteiger partial charge in [-0.15, -0.1) is 0 Å². The molecule has 2 aromatic carbocycles. The molecule has 2 fully saturated rings. The number of aromatic nitrogens is 1. The number of ether oxygens (including phenoxy) is 2. The fourth-order valence-corrected chi connectivity index (χ4v) is 7.68. The number of hydrogen-bond acceptors (Lipinski definition) is 10. The Morgan fingerprint density at radius 2 is 1.59 bits per heavy atom. The third-order valence-electron chi connectivity index (χ3n) is 8.59. The molecule has 0 saturated carbocycles. The van der Waals surface area contributed by atoms with Crippen LogP contribution in [0.4, 0.5) is 10.8 Å². The van der Waals surface area contributed by atoms with E-state index >= 15 is 0 Å². The molecular weight excluding hydrogens is 665 g/mol. The molecule has 14 heteroatoms. The van der Waals surface area contributed by atoms with Gasteiger partial charge < -0.3 is 29.1 Å². The normalized spacial score (nSPS) is 14.9. The molecule has 0 aliphatic carbocycles. The maximum atomic E-state index is 13.5. The van der Waals surface area contributed by atoms with Gasteiger partial charge in [0.05, 0.1) is 36.1 Å². The molecular formula is C35H44N6O6S2. The molecule has 3 heterocycles. The van der Waals surface area contributed by atoms with Crippen molar-refractivity contribution in [1.29, 1.82) is 0 Å². The number of thiazole rings is 1.